The predicted molar refractivity (Wildman–Crippen MR) is 110 cm³/mol. The Kier molecular flexibility index (Phi) is 5.96. The monoisotopic (exact) mass is 408 g/mol. The van der Waals surface area contributed by atoms with E-state index in [1.165, 1.54) is 0 Å². The Morgan fingerprint density at radius 3 is 2.40 bits per heavy atom. The Bertz CT molecular complexity index is 960. The van der Waals surface area contributed by atoms with Gasteiger partial charge < -0.3 is 10.0 Å². The van der Waals surface area contributed by atoms with E-state index in [0.29, 0.717) is 17.8 Å². The molecule has 1 aliphatic heterocycles. The minimum atomic E-state index is -1.29. The predicted octanol–water partition coefficient (Wildman–Crippen LogP) is 4.60. The second-order valence-electron chi connectivity index (χ2n) is 7.08. The molecule has 0 aliphatic carbocycles. The molecule has 2 aromatic carbocycles. The standard InChI is InChI=1S/C23H24N2O5/c1-3-25(19-9-5-4-6-10-19)16-17-15-18(12-13-21(17)26)23(2)29-27-22(28-30-23)20-11-7-8-14-24-20/h4-15,22,26H,3,16H2,1-2H3. The summed E-state index contributed by atoms with van der Waals surface area (Å²) >= 11 is 0. The van der Waals surface area contributed by atoms with Gasteiger partial charge in [-0.1, -0.05) is 24.3 Å². The molecule has 0 bridgehead atoms. The SMILES string of the molecule is CCN(Cc1cc(C2(C)OOC(c3ccccn3)OO2)ccc1O)c1ccccc1. The molecule has 1 aliphatic rings. The molecule has 0 spiro atoms. The van der Waals surface area contributed by atoms with Crippen molar-refractivity contribution in [2.75, 3.05) is 11.4 Å². The molecule has 0 saturated carbocycles. The van der Waals surface area contributed by atoms with Crippen LogP contribution in [0.4, 0.5) is 5.69 Å². The fourth-order valence-electron chi connectivity index (χ4n) is 3.24. The van der Waals surface area contributed by atoms with Crippen LogP contribution in [0.5, 0.6) is 5.75 Å². The lowest BCUT2D eigenvalue weighted by Gasteiger charge is -2.34. The van der Waals surface area contributed by atoms with E-state index in [-0.39, 0.29) is 5.75 Å². The van der Waals surface area contributed by atoms with Crippen LogP contribution in [-0.2, 0) is 31.9 Å². The smallest absolute Gasteiger partial charge is 0.266 e. The van der Waals surface area contributed by atoms with Gasteiger partial charge >= 0.3 is 0 Å². The summed E-state index contributed by atoms with van der Waals surface area (Å²) in [5.41, 5.74) is 3.00. The summed E-state index contributed by atoms with van der Waals surface area (Å²) in [5, 5.41) is 10.4. The van der Waals surface area contributed by atoms with Crippen molar-refractivity contribution in [3.63, 3.8) is 0 Å². The van der Waals surface area contributed by atoms with E-state index in [9.17, 15) is 5.11 Å². The summed E-state index contributed by atoms with van der Waals surface area (Å²) in [5.74, 6) is -1.10. The number of aromatic hydroxyl groups is 1. The van der Waals surface area contributed by atoms with E-state index < -0.39 is 12.1 Å². The van der Waals surface area contributed by atoms with Crippen molar-refractivity contribution in [1.29, 1.82) is 0 Å². The number of aromatic nitrogens is 1. The lowest BCUT2D eigenvalue weighted by Crippen LogP contribution is -2.36. The van der Waals surface area contributed by atoms with Gasteiger partial charge in [-0.2, -0.15) is 19.6 Å². The Labute approximate surface area is 175 Å². The van der Waals surface area contributed by atoms with Crippen LogP contribution in [0.3, 0.4) is 0 Å². The topological polar surface area (TPSA) is 73.3 Å². The molecule has 1 N–H and O–H groups in total. The highest BCUT2D eigenvalue weighted by Crippen LogP contribution is 2.38. The zero-order valence-corrected chi connectivity index (χ0v) is 16.9. The molecule has 0 unspecified atom stereocenters. The first-order chi connectivity index (χ1) is 14.6. The van der Waals surface area contributed by atoms with Gasteiger partial charge in [0.2, 0.25) is 0 Å². The van der Waals surface area contributed by atoms with Crippen molar-refractivity contribution >= 4 is 5.69 Å². The molecule has 7 heteroatoms. The maximum atomic E-state index is 10.4. The number of hydrogen-bond acceptors (Lipinski definition) is 7. The molecule has 0 amide bonds. The van der Waals surface area contributed by atoms with Crippen molar-refractivity contribution in [1.82, 2.24) is 4.98 Å². The number of rotatable bonds is 6. The summed E-state index contributed by atoms with van der Waals surface area (Å²) in [6.45, 7) is 5.07. The van der Waals surface area contributed by atoms with E-state index in [2.05, 4.69) is 16.8 Å². The number of phenols is 1. The van der Waals surface area contributed by atoms with E-state index >= 15 is 0 Å². The van der Waals surface area contributed by atoms with Crippen LogP contribution < -0.4 is 4.90 Å². The highest BCUT2D eigenvalue weighted by molar-refractivity contribution is 5.48. The first-order valence-corrected chi connectivity index (χ1v) is 9.81. The van der Waals surface area contributed by atoms with E-state index in [1.54, 1.807) is 37.4 Å². The van der Waals surface area contributed by atoms with Gasteiger partial charge in [-0.3, -0.25) is 4.98 Å². The Morgan fingerprint density at radius 2 is 1.73 bits per heavy atom. The third kappa shape index (κ3) is 4.29. The largest absolute Gasteiger partial charge is 0.508 e. The molecule has 7 nitrogen and oxygen atoms in total. The number of para-hydroxylation sites is 1. The van der Waals surface area contributed by atoms with Gasteiger partial charge in [-0.05, 0) is 56.3 Å². The summed E-state index contributed by atoms with van der Waals surface area (Å²) in [4.78, 5) is 28.2. The Hall–Kier alpha value is -2.97. The summed E-state index contributed by atoms with van der Waals surface area (Å²) in [6.07, 6.45) is 0.749. The normalized spacial score (nSPS) is 21.3. The van der Waals surface area contributed by atoms with Crippen LogP contribution in [0.2, 0.25) is 0 Å². The van der Waals surface area contributed by atoms with Crippen molar-refractivity contribution in [2.45, 2.75) is 32.5 Å². The average Bonchev–Trinajstić information content (AvgIpc) is 2.80. The molecule has 0 radical (unpaired) electrons. The first kappa shape index (κ1) is 20.3. The van der Waals surface area contributed by atoms with Crippen molar-refractivity contribution in [3.05, 3.63) is 89.7 Å². The molecule has 0 atom stereocenters. The Balaban J connectivity index is 1.51. The van der Waals surface area contributed by atoms with Crippen LogP contribution in [0.1, 0.15) is 37.0 Å². The second-order valence-corrected chi connectivity index (χ2v) is 7.08. The summed E-state index contributed by atoms with van der Waals surface area (Å²) in [6, 6.07) is 20.6. The van der Waals surface area contributed by atoms with Gasteiger partial charge in [0.25, 0.3) is 12.1 Å². The molecule has 2 heterocycles. The number of nitrogens with zero attached hydrogens (tertiary/aromatic N) is 2. The highest BCUT2D eigenvalue weighted by Gasteiger charge is 2.40. The fourth-order valence-corrected chi connectivity index (χ4v) is 3.24. The minimum Gasteiger partial charge on any atom is -0.508 e. The van der Waals surface area contributed by atoms with Crippen LogP contribution in [0, 0.1) is 0 Å². The van der Waals surface area contributed by atoms with E-state index in [4.69, 9.17) is 19.6 Å². The average molecular weight is 408 g/mol. The van der Waals surface area contributed by atoms with Crippen molar-refractivity contribution in [2.24, 2.45) is 0 Å². The van der Waals surface area contributed by atoms with Gasteiger partial charge in [0, 0.05) is 36.1 Å². The van der Waals surface area contributed by atoms with Crippen LogP contribution >= 0.6 is 0 Å². The molecular weight excluding hydrogens is 384 g/mol. The zero-order valence-electron chi connectivity index (χ0n) is 16.9. The quantitative estimate of drug-likeness (QED) is 0.598. The van der Waals surface area contributed by atoms with Crippen molar-refractivity contribution < 1.29 is 24.7 Å². The Morgan fingerprint density at radius 1 is 1.00 bits per heavy atom. The maximum Gasteiger partial charge on any atom is 0.266 e. The van der Waals surface area contributed by atoms with Crippen LogP contribution in [0.15, 0.2) is 72.9 Å². The first-order valence-electron chi connectivity index (χ1n) is 9.81. The van der Waals surface area contributed by atoms with Crippen LogP contribution in [-0.4, -0.2) is 16.6 Å². The number of benzene rings is 2. The molecule has 1 saturated heterocycles. The second kappa shape index (κ2) is 8.81. The number of hydrogen-bond donors (Lipinski definition) is 1. The lowest BCUT2D eigenvalue weighted by molar-refractivity contribution is -0.634. The molecule has 30 heavy (non-hydrogen) atoms. The van der Waals surface area contributed by atoms with E-state index in [1.807, 2.05) is 42.5 Å². The lowest BCUT2D eigenvalue weighted by atomic mass is 10.0. The highest BCUT2D eigenvalue weighted by atomic mass is 17.4. The maximum absolute atomic E-state index is 10.4. The zero-order chi connectivity index (χ0) is 21.0. The third-order valence-corrected chi connectivity index (χ3v) is 4.99. The third-order valence-electron chi connectivity index (χ3n) is 4.99. The summed E-state index contributed by atoms with van der Waals surface area (Å²) < 4.78 is 0. The molecule has 4 rings (SSSR count). The van der Waals surface area contributed by atoms with E-state index in [0.717, 1.165) is 17.8 Å². The molecule has 3 aromatic rings. The number of phenolic OH excluding ortho intramolecular Hbond substituents is 1. The van der Waals surface area contributed by atoms with Crippen LogP contribution in [0.25, 0.3) is 0 Å². The minimum absolute atomic E-state index is 0.195. The van der Waals surface area contributed by atoms with Gasteiger partial charge in [0.15, 0.2) is 0 Å². The van der Waals surface area contributed by atoms with Gasteiger partial charge in [0.1, 0.15) is 11.4 Å². The summed E-state index contributed by atoms with van der Waals surface area (Å²) in [7, 11) is 0. The van der Waals surface area contributed by atoms with Gasteiger partial charge in [-0.15, -0.1) is 0 Å². The molecule has 156 valence electrons. The fraction of sp³-hybridized carbons (Fsp3) is 0.261. The molecule has 1 fully saturated rings. The van der Waals surface area contributed by atoms with Crippen molar-refractivity contribution in [3.8, 4) is 5.75 Å². The molecular formula is C23H24N2O5. The molecule has 1 aromatic heterocycles. The van der Waals surface area contributed by atoms with Gasteiger partial charge in [0.05, 0.1) is 0 Å². The van der Waals surface area contributed by atoms with Gasteiger partial charge in [-0.25, -0.2) is 0 Å². The number of pyridine rings is 1. The number of anilines is 1.